The highest BCUT2D eigenvalue weighted by Crippen LogP contribution is 2.40. The molecule has 1 aliphatic carbocycles. The first-order chi connectivity index (χ1) is 9.62. The zero-order valence-electron chi connectivity index (χ0n) is 13.7. The van der Waals surface area contributed by atoms with E-state index in [0.29, 0.717) is 5.92 Å². The van der Waals surface area contributed by atoms with Crippen LogP contribution in [-0.4, -0.2) is 11.1 Å². The molecule has 2 heteroatoms. The lowest BCUT2D eigenvalue weighted by Crippen LogP contribution is -2.32. The van der Waals surface area contributed by atoms with Gasteiger partial charge in [0.25, 0.3) is 0 Å². The molecule has 0 bridgehead atoms. The van der Waals surface area contributed by atoms with Crippen LogP contribution in [0, 0.1) is 23.7 Å². The van der Waals surface area contributed by atoms with Crippen LogP contribution >= 0.6 is 0 Å². The Labute approximate surface area is 125 Å². The Morgan fingerprint density at radius 3 is 2.50 bits per heavy atom. The normalized spacial score (nSPS) is 28.2. The average molecular weight is 282 g/mol. The molecule has 118 valence electrons. The molecular weight excluding hydrogens is 248 g/mol. The van der Waals surface area contributed by atoms with Crippen molar-refractivity contribution in [3.8, 4) is 0 Å². The molecule has 1 fully saturated rings. The molecule has 0 spiro atoms. The van der Waals surface area contributed by atoms with E-state index in [9.17, 15) is 9.90 Å². The highest BCUT2D eigenvalue weighted by molar-refractivity contribution is 5.70. The molecule has 0 aromatic rings. The Morgan fingerprint density at radius 1 is 1.20 bits per heavy atom. The van der Waals surface area contributed by atoms with E-state index < -0.39 is 5.97 Å². The van der Waals surface area contributed by atoms with Crippen molar-refractivity contribution in [2.45, 2.75) is 85.0 Å². The minimum Gasteiger partial charge on any atom is -0.481 e. The molecule has 0 aromatic heterocycles. The Hall–Kier alpha value is -0.530. The molecule has 1 saturated carbocycles. The van der Waals surface area contributed by atoms with Gasteiger partial charge in [-0.3, -0.25) is 4.79 Å². The topological polar surface area (TPSA) is 37.3 Å². The summed E-state index contributed by atoms with van der Waals surface area (Å²) in [5.41, 5.74) is 0. The second-order valence-electron chi connectivity index (χ2n) is 6.82. The van der Waals surface area contributed by atoms with E-state index in [4.69, 9.17) is 0 Å². The Bertz CT molecular complexity index is 275. The summed E-state index contributed by atoms with van der Waals surface area (Å²) in [7, 11) is 0. The van der Waals surface area contributed by atoms with Crippen LogP contribution in [0.4, 0.5) is 0 Å². The number of rotatable bonds is 9. The highest BCUT2D eigenvalue weighted by atomic mass is 16.4. The third kappa shape index (κ3) is 5.46. The van der Waals surface area contributed by atoms with Gasteiger partial charge in [-0.1, -0.05) is 59.3 Å². The fourth-order valence-electron chi connectivity index (χ4n) is 4.03. The molecule has 4 unspecified atom stereocenters. The summed E-state index contributed by atoms with van der Waals surface area (Å²) < 4.78 is 0. The number of hydrogen-bond acceptors (Lipinski definition) is 1. The number of hydrogen-bond donors (Lipinski definition) is 1. The standard InChI is InChI=1S/C18H34O2/c1-4-7-9-14(6-3)12-16-13-15(8-5-2)10-11-17(16)18(19)20/h14-17H,4-13H2,1-3H3,(H,19,20). The van der Waals surface area contributed by atoms with Gasteiger partial charge in [0, 0.05) is 0 Å². The quantitative estimate of drug-likeness (QED) is 0.605. The van der Waals surface area contributed by atoms with Crippen molar-refractivity contribution in [3.05, 3.63) is 0 Å². The van der Waals surface area contributed by atoms with Gasteiger partial charge >= 0.3 is 5.97 Å². The van der Waals surface area contributed by atoms with Crippen LogP contribution in [0.3, 0.4) is 0 Å². The van der Waals surface area contributed by atoms with E-state index in [1.807, 2.05) is 0 Å². The van der Waals surface area contributed by atoms with E-state index in [1.54, 1.807) is 0 Å². The van der Waals surface area contributed by atoms with Gasteiger partial charge < -0.3 is 5.11 Å². The first kappa shape index (κ1) is 17.5. The molecule has 0 saturated heterocycles. The Kier molecular flexibility index (Phi) is 8.25. The zero-order chi connectivity index (χ0) is 15.0. The predicted octanol–water partition coefficient (Wildman–Crippen LogP) is 5.51. The molecule has 20 heavy (non-hydrogen) atoms. The number of unbranched alkanes of at least 4 members (excludes halogenated alkanes) is 1. The van der Waals surface area contributed by atoms with Crippen molar-refractivity contribution in [1.29, 1.82) is 0 Å². The molecule has 0 aliphatic heterocycles. The maximum atomic E-state index is 11.5. The first-order valence-electron chi connectivity index (χ1n) is 8.85. The third-order valence-electron chi connectivity index (χ3n) is 5.28. The molecule has 1 rings (SSSR count). The van der Waals surface area contributed by atoms with Gasteiger partial charge in [-0.2, -0.15) is 0 Å². The van der Waals surface area contributed by atoms with Crippen molar-refractivity contribution in [2.24, 2.45) is 23.7 Å². The van der Waals surface area contributed by atoms with Crippen LogP contribution in [-0.2, 0) is 4.79 Å². The summed E-state index contributed by atoms with van der Waals surface area (Å²) in [5, 5.41) is 9.49. The number of aliphatic carboxylic acids is 1. The van der Waals surface area contributed by atoms with Gasteiger partial charge in [-0.25, -0.2) is 0 Å². The smallest absolute Gasteiger partial charge is 0.306 e. The van der Waals surface area contributed by atoms with Crippen LogP contribution in [0.25, 0.3) is 0 Å². The lowest BCUT2D eigenvalue weighted by Gasteiger charge is -2.36. The van der Waals surface area contributed by atoms with Gasteiger partial charge in [0.1, 0.15) is 0 Å². The Morgan fingerprint density at radius 2 is 1.95 bits per heavy atom. The van der Waals surface area contributed by atoms with Crippen molar-refractivity contribution in [3.63, 3.8) is 0 Å². The molecule has 4 atom stereocenters. The van der Waals surface area contributed by atoms with Crippen LogP contribution in [0.5, 0.6) is 0 Å². The average Bonchev–Trinajstić information content (AvgIpc) is 2.43. The Balaban J connectivity index is 2.60. The summed E-state index contributed by atoms with van der Waals surface area (Å²) in [4.78, 5) is 11.5. The summed E-state index contributed by atoms with van der Waals surface area (Å²) in [6.45, 7) is 6.75. The lowest BCUT2D eigenvalue weighted by molar-refractivity contribution is -0.145. The van der Waals surface area contributed by atoms with E-state index in [-0.39, 0.29) is 5.92 Å². The van der Waals surface area contributed by atoms with Crippen LogP contribution in [0.2, 0.25) is 0 Å². The van der Waals surface area contributed by atoms with E-state index >= 15 is 0 Å². The minimum atomic E-state index is -0.546. The fraction of sp³-hybridized carbons (Fsp3) is 0.944. The van der Waals surface area contributed by atoms with E-state index in [1.165, 1.54) is 38.5 Å². The summed E-state index contributed by atoms with van der Waals surface area (Å²) in [6, 6.07) is 0. The van der Waals surface area contributed by atoms with E-state index in [0.717, 1.165) is 37.5 Å². The minimum absolute atomic E-state index is 0.0706. The van der Waals surface area contributed by atoms with E-state index in [2.05, 4.69) is 20.8 Å². The van der Waals surface area contributed by atoms with Crippen LogP contribution in [0.1, 0.15) is 85.0 Å². The predicted molar refractivity (Wildman–Crippen MR) is 84.8 cm³/mol. The monoisotopic (exact) mass is 282 g/mol. The summed E-state index contributed by atoms with van der Waals surface area (Å²) >= 11 is 0. The molecule has 0 aromatic carbocycles. The molecule has 2 nitrogen and oxygen atoms in total. The molecule has 1 aliphatic rings. The fourth-order valence-corrected chi connectivity index (χ4v) is 4.03. The zero-order valence-corrected chi connectivity index (χ0v) is 13.7. The van der Waals surface area contributed by atoms with Gasteiger partial charge in [-0.15, -0.1) is 0 Å². The number of carboxylic acid groups (broad SMARTS) is 1. The molecular formula is C18H34O2. The van der Waals surface area contributed by atoms with Gasteiger partial charge in [-0.05, 0) is 43.4 Å². The van der Waals surface area contributed by atoms with Crippen LogP contribution in [0.15, 0.2) is 0 Å². The number of carbonyl (C=O) groups is 1. The second-order valence-corrected chi connectivity index (χ2v) is 6.82. The largest absolute Gasteiger partial charge is 0.481 e. The highest BCUT2D eigenvalue weighted by Gasteiger charge is 2.35. The molecule has 1 N–H and O–H groups in total. The molecule has 0 radical (unpaired) electrons. The molecule has 0 amide bonds. The number of carboxylic acids is 1. The first-order valence-corrected chi connectivity index (χ1v) is 8.85. The SMILES string of the molecule is CCCCC(CC)CC1CC(CCC)CCC1C(=O)O. The van der Waals surface area contributed by atoms with Gasteiger partial charge in [0.05, 0.1) is 5.92 Å². The second kappa shape index (κ2) is 9.41. The van der Waals surface area contributed by atoms with Gasteiger partial charge in [0.2, 0.25) is 0 Å². The summed E-state index contributed by atoms with van der Waals surface area (Å²) in [5.74, 6) is 1.33. The van der Waals surface area contributed by atoms with Crippen molar-refractivity contribution < 1.29 is 9.90 Å². The van der Waals surface area contributed by atoms with Crippen molar-refractivity contribution in [2.75, 3.05) is 0 Å². The van der Waals surface area contributed by atoms with Crippen molar-refractivity contribution in [1.82, 2.24) is 0 Å². The van der Waals surface area contributed by atoms with Gasteiger partial charge in [0.15, 0.2) is 0 Å². The molecule has 0 heterocycles. The lowest BCUT2D eigenvalue weighted by atomic mass is 9.69. The third-order valence-corrected chi connectivity index (χ3v) is 5.28. The maximum Gasteiger partial charge on any atom is 0.306 e. The van der Waals surface area contributed by atoms with Crippen molar-refractivity contribution >= 4 is 5.97 Å². The summed E-state index contributed by atoms with van der Waals surface area (Å²) in [6.07, 6.45) is 11.9. The van der Waals surface area contributed by atoms with Crippen LogP contribution < -0.4 is 0 Å². The maximum absolute atomic E-state index is 11.5.